The first-order valence-electron chi connectivity index (χ1n) is 6.28. The van der Waals surface area contributed by atoms with Crippen LogP contribution in [0.4, 0.5) is 0 Å². The van der Waals surface area contributed by atoms with Crippen LogP contribution in [-0.2, 0) is 14.0 Å². The van der Waals surface area contributed by atoms with Crippen molar-refractivity contribution in [1.82, 2.24) is 4.98 Å². The topological polar surface area (TPSA) is 57.7 Å². The number of hydrogen-bond acceptors (Lipinski definition) is 5. The molecule has 0 unspecified atom stereocenters. The molecule has 1 aliphatic heterocycles. The first-order valence-corrected chi connectivity index (χ1v) is 6.66. The summed E-state index contributed by atoms with van der Waals surface area (Å²) in [4.78, 5) is 15.8. The van der Waals surface area contributed by atoms with Gasteiger partial charge >= 0.3 is 13.1 Å². The third-order valence-electron chi connectivity index (χ3n) is 3.80. The number of rotatable bonds is 2. The predicted octanol–water partition coefficient (Wildman–Crippen LogP) is 1.82. The zero-order chi connectivity index (χ0) is 15.1. The molecule has 108 valence electrons. The molecular formula is C13H17BClNO4. The van der Waals surface area contributed by atoms with Gasteiger partial charge in [0.2, 0.25) is 0 Å². The van der Waals surface area contributed by atoms with E-state index >= 15 is 0 Å². The Morgan fingerprint density at radius 1 is 1.30 bits per heavy atom. The molecule has 5 nitrogen and oxygen atoms in total. The molecule has 0 spiro atoms. The molecule has 0 radical (unpaired) electrons. The van der Waals surface area contributed by atoms with E-state index < -0.39 is 24.3 Å². The van der Waals surface area contributed by atoms with Crippen molar-refractivity contribution in [3.8, 4) is 0 Å². The van der Waals surface area contributed by atoms with E-state index in [0.29, 0.717) is 10.5 Å². The third-order valence-corrected chi connectivity index (χ3v) is 4.13. The minimum atomic E-state index is -0.754. The molecule has 1 fully saturated rings. The third kappa shape index (κ3) is 2.43. The number of ether oxygens (including phenoxy) is 1. The van der Waals surface area contributed by atoms with Crippen molar-refractivity contribution < 1.29 is 18.8 Å². The second-order valence-corrected chi connectivity index (χ2v) is 6.04. The van der Waals surface area contributed by atoms with Crippen LogP contribution in [0.15, 0.2) is 12.3 Å². The first kappa shape index (κ1) is 15.3. The number of aromatic nitrogens is 1. The number of esters is 1. The Hall–Kier alpha value is -1.11. The quantitative estimate of drug-likeness (QED) is 0.615. The molecule has 1 saturated heterocycles. The van der Waals surface area contributed by atoms with Gasteiger partial charge in [-0.2, -0.15) is 0 Å². The summed E-state index contributed by atoms with van der Waals surface area (Å²) in [5.41, 5.74) is -0.535. The molecule has 0 bridgehead atoms. The van der Waals surface area contributed by atoms with Gasteiger partial charge in [-0.25, -0.2) is 9.78 Å². The molecule has 2 heterocycles. The molecule has 0 atom stereocenters. The molecule has 20 heavy (non-hydrogen) atoms. The minimum Gasteiger partial charge on any atom is -0.464 e. The summed E-state index contributed by atoms with van der Waals surface area (Å²) in [6.45, 7) is 7.70. The van der Waals surface area contributed by atoms with Crippen LogP contribution >= 0.6 is 11.6 Å². The minimum absolute atomic E-state index is 0.110. The molecule has 1 aliphatic rings. The maximum absolute atomic E-state index is 11.8. The van der Waals surface area contributed by atoms with Crippen LogP contribution in [0.25, 0.3) is 0 Å². The SMILES string of the molecule is COC(=O)c1nccc(Cl)c1B1OC(C)(C)C(C)(C)O1. The van der Waals surface area contributed by atoms with Crippen LogP contribution in [0.3, 0.4) is 0 Å². The van der Waals surface area contributed by atoms with Crippen LogP contribution in [0.2, 0.25) is 5.02 Å². The first-order chi connectivity index (χ1) is 9.19. The van der Waals surface area contributed by atoms with Crippen LogP contribution in [0.1, 0.15) is 38.2 Å². The second kappa shape index (κ2) is 5.02. The fraction of sp³-hybridized carbons (Fsp3) is 0.538. The highest BCUT2D eigenvalue weighted by Crippen LogP contribution is 2.37. The highest BCUT2D eigenvalue weighted by atomic mass is 35.5. The highest BCUT2D eigenvalue weighted by Gasteiger charge is 2.53. The van der Waals surface area contributed by atoms with Gasteiger partial charge in [-0.3, -0.25) is 0 Å². The lowest BCUT2D eigenvalue weighted by molar-refractivity contribution is 0.00578. The zero-order valence-corrected chi connectivity index (χ0v) is 12.9. The number of carbonyl (C=O) groups excluding carboxylic acids is 1. The van der Waals surface area contributed by atoms with Gasteiger partial charge in [0.15, 0.2) is 0 Å². The van der Waals surface area contributed by atoms with Crippen molar-refractivity contribution in [3.05, 3.63) is 23.0 Å². The molecule has 0 aliphatic carbocycles. The van der Waals surface area contributed by atoms with Crippen molar-refractivity contribution in [2.75, 3.05) is 7.11 Å². The van der Waals surface area contributed by atoms with Crippen LogP contribution in [0, 0.1) is 0 Å². The maximum atomic E-state index is 11.8. The standard InChI is InChI=1S/C13H17BClNO4/c1-12(2)13(3,4)20-14(19-12)9-8(15)6-7-16-10(9)11(17)18-5/h6-7H,1-5H3. The number of halogens is 1. The number of methoxy groups -OCH3 is 1. The lowest BCUT2D eigenvalue weighted by atomic mass is 9.77. The van der Waals surface area contributed by atoms with E-state index in [1.54, 1.807) is 6.07 Å². The van der Waals surface area contributed by atoms with Crippen molar-refractivity contribution in [2.24, 2.45) is 0 Å². The average Bonchev–Trinajstić information content (AvgIpc) is 2.56. The van der Waals surface area contributed by atoms with E-state index in [4.69, 9.17) is 25.6 Å². The summed E-state index contributed by atoms with van der Waals surface area (Å²) >= 11 is 6.19. The number of nitrogens with zero attached hydrogens (tertiary/aromatic N) is 1. The Kier molecular flexibility index (Phi) is 3.84. The fourth-order valence-electron chi connectivity index (χ4n) is 1.89. The summed E-state index contributed by atoms with van der Waals surface area (Å²) in [7, 11) is 0.536. The van der Waals surface area contributed by atoms with Crippen molar-refractivity contribution in [2.45, 2.75) is 38.9 Å². The maximum Gasteiger partial charge on any atom is 0.498 e. The van der Waals surface area contributed by atoms with Gasteiger partial charge in [-0.05, 0) is 33.8 Å². The van der Waals surface area contributed by atoms with E-state index in [1.807, 2.05) is 27.7 Å². The van der Waals surface area contributed by atoms with E-state index in [1.165, 1.54) is 13.3 Å². The Morgan fingerprint density at radius 2 is 1.85 bits per heavy atom. The van der Waals surface area contributed by atoms with E-state index in [2.05, 4.69) is 4.98 Å². The average molecular weight is 298 g/mol. The summed E-state index contributed by atoms with van der Waals surface area (Å²) in [6.07, 6.45) is 1.45. The number of hydrogen-bond donors (Lipinski definition) is 0. The molecule has 1 aromatic heterocycles. The van der Waals surface area contributed by atoms with E-state index in [-0.39, 0.29) is 5.69 Å². The van der Waals surface area contributed by atoms with Gasteiger partial charge in [0, 0.05) is 16.7 Å². The Morgan fingerprint density at radius 3 is 2.35 bits per heavy atom. The predicted molar refractivity (Wildman–Crippen MR) is 76.3 cm³/mol. The molecule has 0 saturated carbocycles. The van der Waals surface area contributed by atoms with Gasteiger partial charge in [0.25, 0.3) is 0 Å². The molecule has 1 aromatic rings. The van der Waals surface area contributed by atoms with Crippen LogP contribution < -0.4 is 5.46 Å². The Bertz CT molecular complexity index is 531. The lowest BCUT2D eigenvalue weighted by Gasteiger charge is -2.32. The van der Waals surface area contributed by atoms with E-state index in [9.17, 15) is 4.79 Å². The second-order valence-electron chi connectivity index (χ2n) is 5.63. The van der Waals surface area contributed by atoms with E-state index in [0.717, 1.165) is 0 Å². The van der Waals surface area contributed by atoms with Crippen molar-refractivity contribution in [1.29, 1.82) is 0 Å². The highest BCUT2D eigenvalue weighted by molar-refractivity contribution is 6.67. The molecule has 7 heteroatoms. The summed E-state index contributed by atoms with van der Waals surface area (Å²) in [5.74, 6) is -0.572. The van der Waals surface area contributed by atoms with Crippen LogP contribution in [-0.4, -0.2) is 36.4 Å². The molecular weight excluding hydrogens is 280 g/mol. The molecule has 0 aromatic carbocycles. The van der Waals surface area contributed by atoms with Crippen LogP contribution in [0.5, 0.6) is 0 Å². The zero-order valence-electron chi connectivity index (χ0n) is 12.2. The Balaban J connectivity index is 2.47. The smallest absolute Gasteiger partial charge is 0.464 e. The van der Waals surface area contributed by atoms with Crippen molar-refractivity contribution in [3.63, 3.8) is 0 Å². The number of pyridine rings is 1. The summed E-state index contributed by atoms with van der Waals surface area (Å²) < 4.78 is 16.5. The summed E-state index contributed by atoms with van der Waals surface area (Å²) in [6, 6.07) is 1.59. The monoisotopic (exact) mass is 297 g/mol. The van der Waals surface area contributed by atoms with Gasteiger partial charge < -0.3 is 14.0 Å². The molecule has 0 amide bonds. The van der Waals surface area contributed by atoms with Gasteiger partial charge in [-0.15, -0.1) is 0 Å². The fourth-order valence-corrected chi connectivity index (χ4v) is 2.13. The lowest BCUT2D eigenvalue weighted by Crippen LogP contribution is -2.41. The number of carbonyl (C=O) groups is 1. The molecule has 0 N–H and O–H groups in total. The summed E-state index contributed by atoms with van der Waals surface area (Å²) in [5, 5.41) is 0.360. The Labute approximate surface area is 123 Å². The largest absolute Gasteiger partial charge is 0.498 e. The van der Waals surface area contributed by atoms with Gasteiger partial charge in [0.05, 0.1) is 18.3 Å². The van der Waals surface area contributed by atoms with Gasteiger partial charge in [0.1, 0.15) is 5.69 Å². The van der Waals surface area contributed by atoms with Crippen molar-refractivity contribution >= 4 is 30.2 Å². The normalized spacial score (nSPS) is 20.0. The molecule has 2 rings (SSSR count). The van der Waals surface area contributed by atoms with Gasteiger partial charge in [-0.1, -0.05) is 11.6 Å².